The molecule has 0 spiro atoms. The third kappa shape index (κ3) is 9.08. The van der Waals surface area contributed by atoms with E-state index < -0.39 is 105 Å². The Bertz CT molecular complexity index is 2990. The van der Waals surface area contributed by atoms with Crippen molar-refractivity contribution in [2.75, 3.05) is 0 Å². The van der Waals surface area contributed by atoms with Gasteiger partial charge in [-0.15, -0.1) is 0 Å². The van der Waals surface area contributed by atoms with E-state index in [0.717, 1.165) is 24.3 Å². The van der Waals surface area contributed by atoms with Crippen LogP contribution in [-0.2, 0) is 11.2 Å². The first-order valence-electron chi connectivity index (χ1n) is 17.8. The summed E-state index contributed by atoms with van der Waals surface area (Å²) in [6, 6.07) is 12.7. The van der Waals surface area contributed by atoms with E-state index in [9.17, 15) is 72.2 Å². The summed E-state index contributed by atoms with van der Waals surface area (Å²) in [5, 5.41) is 7.90. The molecule has 6 nitrogen and oxygen atoms in total. The highest BCUT2D eigenvalue weighted by Crippen LogP contribution is 2.46. The summed E-state index contributed by atoms with van der Waals surface area (Å²) in [6.45, 7) is 7.10. The molecule has 0 aliphatic heterocycles. The third-order valence-electron chi connectivity index (χ3n) is 9.59. The average Bonchev–Trinajstić information content (AvgIpc) is 3.16. The van der Waals surface area contributed by atoms with Gasteiger partial charge in [0.25, 0.3) is 11.1 Å². The minimum atomic E-state index is -5.38. The lowest BCUT2D eigenvalue weighted by Crippen LogP contribution is -2.32. The number of pyridine rings is 1. The number of para-hydroxylation sites is 1. The zero-order valence-corrected chi connectivity index (χ0v) is 31.3. The Labute approximate surface area is 340 Å². The molecular formula is C44H27F12NO5. The molecule has 6 rings (SSSR count). The van der Waals surface area contributed by atoms with Gasteiger partial charge in [-0.3, -0.25) is 14.4 Å². The molecule has 1 N–H and O–H groups in total. The molecule has 18 heteroatoms. The number of hydrogen-bond donors (Lipinski definition) is 1. The first-order chi connectivity index (χ1) is 28.8. The van der Waals surface area contributed by atoms with Crippen molar-refractivity contribution < 1.29 is 67.0 Å². The Morgan fingerprint density at radius 3 is 1.60 bits per heavy atom. The van der Waals surface area contributed by atoms with Crippen LogP contribution < -0.4 is 11.1 Å². The topological polar surface area (TPSA) is 89.5 Å². The van der Waals surface area contributed by atoms with Gasteiger partial charge < -0.3 is 9.52 Å². The van der Waals surface area contributed by atoms with Gasteiger partial charge >= 0.3 is 30.7 Å². The van der Waals surface area contributed by atoms with Crippen molar-refractivity contribution in [2.24, 2.45) is 0 Å². The average molecular weight is 878 g/mol. The number of aromatic nitrogens is 1. The summed E-state index contributed by atoms with van der Waals surface area (Å²) in [4.78, 5) is 40.4. The molecule has 0 atom stereocenters. The van der Waals surface area contributed by atoms with Gasteiger partial charge in [-0.25, -0.2) is 4.57 Å². The van der Waals surface area contributed by atoms with E-state index in [4.69, 9.17) is 4.42 Å². The lowest BCUT2D eigenvalue weighted by molar-refractivity contribution is -0.136. The minimum Gasteiger partial charge on any atom is -0.481 e. The van der Waals surface area contributed by atoms with Crippen LogP contribution in [0.1, 0.15) is 29.5 Å². The van der Waals surface area contributed by atoms with Gasteiger partial charge in [-0.1, -0.05) is 67.8 Å². The van der Waals surface area contributed by atoms with Crippen LogP contribution >= 0.6 is 0 Å². The van der Waals surface area contributed by atoms with Crippen LogP contribution in [0.3, 0.4) is 0 Å². The van der Waals surface area contributed by atoms with Crippen LogP contribution in [0.4, 0.5) is 52.7 Å². The number of hydrogen-bond acceptors (Lipinski definition) is 4. The molecule has 0 unspecified atom stereocenters. The predicted molar refractivity (Wildman–Crippen MR) is 209 cm³/mol. The molecule has 0 radical (unpaired) electrons. The smallest absolute Gasteiger partial charge is 0.416 e. The lowest BCUT2D eigenvalue weighted by atomic mass is 9.86. The second-order valence-corrected chi connectivity index (χ2v) is 13.7. The number of carbonyl (C=O) groups is 1. The highest BCUT2D eigenvalue weighted by Gasteiger charge is 2.37. The Kier molecular flexibility index (Phi) is 11.7. The fraction of sp³-hybridized carbons (Fsp3) is 0.159. The molecular weight excluding hydrogens is 850 g/mol. The molecule has 0 fully saturated rings. The maximum atomic E-state index is 14.5. The Morgan fingerprint density at radius 1 is 0.645 bits per heavy atom. The second-order valence-electron chi connectivity index (χ2n) is 13.7. The number of rotatable bonds is 11. The monoisotopic (exact) mass is 877 g/mol. The van der Waals surface area contributed by atoms with Crippen molar-refractivity contribution in [1.29, 1.82) is 0 Å². The number of nitrogens with zero attached hydrogens (tertiary/aromatic N) is 1. The van der Waals surface area contributed by atoms with Gasteiger partial charge in [-0.2, -0.15) is 52.7 Å². The van der Waals surface area contributed by atoms with Gasteiger partial charge in [0.1, 0.15) is 11.2 Å². The summed E-state index contributed by atoms with van der Waals surface area (Å²) < 4.78 is 172. The molecule has 0 saturated carbocycles. The number of aliphatic carboxylic acids is 1. The predicted octanol–water partition coefficient (Wildman–Crippen LogP) is 12.5. The first kappa shape index (κ1) is 44.7. The summed E-state index contributed by atoms with van der Waals surface area (Å²) in [7, 11) is 0. The molecule has 0 aliphatic rings. The Hall–Kier alpha value is -6.85. The van der Waals surface area contributed by atoms with Crippen molar-refractivity contribution in [2.45, 2.75) is 44.0 Å². The highest BCUT2D eigenvalue weighted by molar-refractivity contribution is 6.30. The van der Waals surface area contributed by atoms with E-state index in [0.29, 0.717) is 16.7 Å². The summed E-state index contributed by atoms with van der Waals surface area (Å²) in [5.41, 5.74) is -7.99. The molecule has 0 amide bonds. The lowest BCUT2D eigenvalue weighted by Gasteiger charge is -2.20. The van der Waals surface area contributed by atoms with E-state index in [-0.39, 0.29) is 56.1 Å². The molecule has 0 saturated heterocycles. The van der Waals surface area contributed by atoms with Gasteiger partial charge in [0.15, 0.2) is 0 Å². The molecule has 62 heavy (non-hydrogen) atoms. The van der Waals surface area contributed by atoms with Gasteiger partial charge in [-0.05, 0) is 64.8 Å². The molecule has 0 bridgehead atoms. The normalized spacial score (nSPS) is 14.1. The fourth-order valence-electron chi connectivity index (χ4n) is 6.94. The fourth-order valence-corrected chi connectivity index (χ4v) is 6.94. The van der Waals surface area contributed by atoms with Crippen molar-refractivity contribution >= 4 is 60.6 Å². The van der Waals surface area contributed by atoms with Crippen LogP contribution in [0.15, 0.2) is 135 Å². The van der Waals surface area contributed by atoms with E-state index in [2.05, 4.69) is 13.2 Å². The number of carboxylic acid groups (broad SMARTS) is 1. The molecule has 0 aliphatic carbocycles. The number of allylic oxidation sites excluding steroid dienone is 10. The number of benzene rings is 4. The van der Waals surface area contributed by atoms with Crippen LogP contribution in [0.2, 0.25) is 0 Å². The number of alkyl halides is 12. The van der Waals surface area contributed by atoms with Crippen LogP contribution in [0, 0.1) is 0 Å². The van der Waals surface area contributed by atoms with Crippen LogP contribution in [-0.4, -0.2) is 40.3 Å². The second kappa shape index (κ2) is 16.2. The Morgan fingerprint density at radius 2 is 1.13 bits per heavy atom. The minimum absolute atomic E-state index is 0.0757. The number of carboxylic acids is 1. The van der Waals surface area contributed by atoms with E-state index in [1.807, 2.05) is 0 Å². The highest BCUT2D eigenvalue weighted by atomic mass is 19.4. The standard InChI is InChI=1S/C44H27F12NO5/c1-3-23(18-25(43(51,52)53)13-15-41(45,46)47)29-20-31-36-32(40(61)57(39(31)60)27-11-9-22(10-12-27)17-34(58)59)21-30(38-37(36)35(29)28-7-5-6-8-33(28)62-38)24(4-2)19-26(44(54,55)56)14-16-42(48,49)50/h3-14,18-21H,1-2,15-17H2,(H,58,59)/b23-18+,24-19+,25-13+,26-14+. The SMILES string of the molecule is C=C/C(=C\C(=C/CC(F)(F)F)C(F)(F)F)c1cc2c(=O)n(-c3ccc(CC(=O)O)cc3)c(=O)c3cc(/C(C=C)=C/C(=C\CC(F)(F)F)C(F)(F)F)c4c5ccccc5oc1c4c23. The third-order valence-corrected chi connectivity index (χ3v) is 9.59. The molecule has 322 valence electrons. The summed E-state index contributed by atoms with van der Waals surface area (Å²) in [6.07, 6.45) is -23.3. The zero-order valence-electron chi connectivity index (χ0n) is 31.3. The molecule has 2 aromatic heterocycles. The van der Waals surface area contributed by atoms with Crippen LogP contribution in [0.25, 0.3) is 60.3 Å². The maximum absolute atomic E-state index is 14.5. The first-order valence-corrected chi connectivity index (χ1v) is 17.8. The molecule has 6 aromatic rings. The molecule has 2 heterocycles. The summed E-state index contributed by atoms with van der Waals surface area (Å²) >= 11 is 0. The van der Waals surface area contributed by atoms with E-state index in [1.165, 1.54) is 48.5 Å². The zero-order chi connectivity index (χ0) is 45.7. The van der Waals surface area contributed by atoms with Crippen molar-refractivity contribution in [1.82, 2.24) is 4.57 Å². The van der Waals surface area contributed by atoms with Gasteiger partial charge in [0, 0.05) is 37.9 Å². The summed E-state index contributed by atoms with van der Waals surface area (Å²) in [5.74, 6) is -1.22. The maximum Gasteiger partial charge on any atom is 0.416 e. The van der Waals surface area contributed by atoms with Gasteiger partial charge in [0.2, 0.25) is 0 Å². The van der Waals surface area contributed by atoms with Crippen molar-refractivity contribution in [3.05, 3.63) is 159 Å². The van der Waals surface area contributed by atoms with Crippen molar-refractivity contribution in [3.8, 4) is 5.69 Å². The largest absolute Gasteiger partial charge is 0.481 e. The van der Waals surface area contributed by atoms with Gasteiger partial charge in [0.05, 0.1) is 36.1 Å². The Balaban J connectivity index is 1.87. The number of halogens is 12. The van der Waals surface area contributed by atoms with Crippen LogP contribution in [0.5, 0.6) is 0 Å². The van der Waals surface area contributed by atoms with E-state index in [1.54, 1.807) is 0 Å². The quantitative estimate of drug-likeness (QED) is 0.0606. The van der Waals surface area contributed by atoms with Crippen molar-refractivity contribution in [3.63, 3.8) is 0 Å². The van der Waals surface area contributed by atoms with E-state index >= 15 is 0 Å². The molecule has 4 aromatic carbocycles. The number of fused-ring (bicyclic) bond motifs is 2.